The first-order valence-electron chi connectivity index (χ1n) is 7.43. The third kappa shape index (κ3) is 4.00. The molecule has 1 unspecified atom stereocenters. The molecule has 1 atom stereocenters. The van der Waals surface area contributed by atoms with Crippen LogP contribution in [0.1, 0.15) is 27.8 Å². The minimum atomic E-state index is -0.550. The number of aromatic nitrogens is 2. The van der Waals surface area contributed by atoms with Crippen molar-refractivity contribution in [3.63, 3.8) is 0 Å². The van der Waals surface area contributed by atoms with Crippen molar-refractivity contribution in [2.45, 2.75) is 6.04 Å². The number of aryl methyl sites for hydroxylation is 1. The molecule has 2 aromatic carbocycles. The summed E-state index contributed by atoms with van der Waals surface area (Å²) in [6, 6.07) is 9.97. The first kappa shape index (κ1) is 17.5. The largest absolute Gasteiger partial charge is 0.338 e. The number of rotatable bonds is 4. The molecule has 0 aliphatic rings. The second-order valence-electron chi connectivity index (χ2n) is 5.51. The van der Waals surface area contributed by atoms with E-state index in [1.54, 1.807) is 35.2 Å². The lowest BCUT2D eigenvalue weighted by Gasteiger charge is -2.19. The number of carbonyl (C=O) groups is 1. The predicted molar refractivity (Wildman–Crippen MR) is 95.4 cm³/mol. The highest BCUT2D eigenvalue weighted by molar-refractivity contribution is 6.35. The van der Waals surface area contributed by atoms with Gasteiger partial charge in [-0.15, -0.1) is 0 Å². The number of imidazole rings is 1. The molecule has 1 heterocycles. The molecule has 1 aromatic heterocycles. The first-order chi connectivity index (χ1) is 11.9. The standard InChI is InChI=1S/C18H14Cl2FN3O/c1-24-7-6-22-17(24)16(11-2-4-15(21)5-3-11)23-18(25)12-8-13(19)10-14(20)9-12/h2-10,16H,1H3,(H,23,25). The maximum absolute atomic E-state index is 13.3. The zero-order valence-electron chi connectivity index (χ0n) is 13.2. The van der Waals surface area contributed by atoms with Crippen LogP contribution in [0.5, 0.6) is 0 Å². The van der Waals surface area contributed by atoms with E-state index in [1.807, 2.05) is 7.05 Å². The highest BCUT2D eigenvalue weighted by atomic mass is 35.5. The fraction of sp³-hybridized carbons (Fsp3) is 0.111. The molecule has 0 fully saturated rings. The lowest BCUT2D eigenvalue weighted by molar-refractivity contribution is 0.0941. The number of hydrogen-bond acceptors (Lipinski definition) is 2. The summed E-state index contributed by atoms with van der Waals surface area (Å²) in [6.45, 7) is 0. The number of nitrogens with zero attached hydrogens (tertiary/aromatic N) is 2. The van der Waals surface area contributed by atoms with E-state index in [0.29, 0.717) is 27.0 Å². The molecule has 3 aromatic rings. The Kier molecular flexibility index (Phi) is 5.06. The third-order valence-electron chi connectivity index (χ3n) is 3.72. The highest BCUT2D eigenvalue weighted by Crippen LogP contribution is 2.23. The highest BCUT2D eigenvalue weighted by Gasteiger charge is 2.22. The number of amides is 1. The minimum absolute atomic E-state index is 0.332. The molecule has 25 heavy (non-hydrogen) atoms. The van der Waals surface area contributed by atoms with Gasteiger partial charge in [0.25, 0.3) is 5.91 Å². The van der Waals surface area contributed by atoms with Gasteiger partial charge in [0.15, 0.2) is 0 Å². The van der Waals surface area contributed by atoms with Crippen molar-refractivity contribution < 1.29 is 9.18 Å². The molecule has 7 heteroatoms. The summed E-state index contributed by atoms with van der Waals surface area (Å²) in [5.74, 6) is -0.0925. The molecule has 0 radical (unpaired) electrons. The van der Waals surface area contributed by atoms with Crippen LogP contribution in [-0.2, 0) is 7.05 Å². The Morgan fingerprint density at radius 3 is 2.36 bits per heavy atom. The average Bonchev–Trinajstić information content (AvgIpc) is 2.98. The number of benzene rings is 2. The summed E-state index contributed by atoms with van der Waals surface area (Å²) in [6.07, 6.45) is 3.41. The Balaban J connectivity index is 1.96. The van der Waals surface area contributed by atoms with Gasteiger partial charge in [-0.1, -0.05) is 35.3 Å². The molecule has 0 aliphatic heterocycles. The van der Waals surface area contributed by atoms with Gasteiger partial charge in [-0.25, -0.2) is 9.37 Å². The number of nitrogens with one attached hydrogen (secondary N) is 1. The molecule has 1 amide bonds. The molecule has 0 spiro atoms. The van der Waals surface area contributed by atoms with E-state index >= 15 is 0 Å². The van der Waals surface area contributed by atoms with Gasteiger partial charge in [-0.05, 0) is 35.9 Å². The van der Waals surface area contributed by atoms with E-state index in [0.717, 1.165) is 0 Å². The minimum Gasteiger partial charge on any atom is -0.338 e. The molecule has 0 aliphatic carbocycles. The van der Waals surface area contributed by atoms with Gasteiger partial charge in [0, 0.05) is 35.1 Å². The Morgan fingerprint density at radius 1 is 1.16 bits per heavy atom. The van der Waals surface area contributed by atoms with E-state index in [9.17, 15) is 9.18 Å². The maximum Gasteiger partial charge on any atom is 0.252 e. The SMILES string of the molecule is Cn1ccnc1C(NC(=O)c1cc(Cl)cc(Cl)c1)c1ccc(F)cc1. The average molecular weight is 378 g/mol. The smallest absolute Gasteiger partial charge is 0.252 e. The molecule has 1 N–H and O–H groups in total. The topological polar surface area (TPSA) is 46.9 Å². The van der Waals surface area contributed by atoms with Crippen molar-refractivity contribution in [2.24, 2.45) is 7.05 Å². The molecule has 0 saturated carbocycles. The maximum atomic E-state index is 13.3. The van der Waals surface area contributed by atoms with Gasteiger partial charge < -0.3 is 9.88 Å². The molecule has 0 saturated heterocycles. The number of halogens is 3. The number of carbonyl (C=O) groups excluding carboxylic acids is 1. The molecule has 3 rings (SSSR count). The Morgan fingerprint density at radius 2 is 1.80 bits per heavy atom. The first-order valence-corrected chi connectivity index (χ1v) is 8.19. The second kappa shape index (κ2) is 7.25. The third-order valence-corrected chi connectivity index (χ3v) is 4.16. The van der Waals surface area contributed by atoms with Crippen LogP contribution in [0.2, 0.25) is 10.0 Å². The molecule has 0 bridgehead atoms. The monoisotopic (exact) mass is 377 g/mol. The lowest BCUT2D eigenvalue weighted by Crippen LogP contribution is -2.31. The van der Waals surface area contributed by atoms with Gasteiger partial charge in [-0.2, -0.15) is 0 Å². The van der Waals surface area contributed by atoms with Gasteiger partial charge >= 0.3 is 0 Å². The van der Waals surface area contributed by atoms with Crippen molar-refractivity contribution in [3.05, 3.63) is 87.7 Å². The van der Waals surface area contributed by atoms with Crippen LogP contribution in [0.4, 0.5) is 4.39 Å². The summed E-state index contributed by atoms with van der Waals surface area (Å²) in [5, 5.41) is 3.64. The summed E-state index contributed by atoms with van der Waals surface area (Å²) in [5.41, 5.74) is 1.04. The van der Waals surface area contributed by atoms with E-state index in [1.165, 1.54) is 24.3 Å². The van der Waals surface area contributed by atoms with Gasteiger partial charge in [0.05, 0.1) is 0 Å². The van der Waals surface area contributed by atoms with E-state index in [4.69, 9.17) is 23.2 Å². The second-order valence-corrected chi connectivity index (χ2v) is 6.39. The van der Waals surface area contributed by atoms with Crippen LogP contribution in [0.15, 0.2) is 54.9 Å². The van der Waals surface area contributed by atoms with Crippen LogP contribution < -0.4 is 5.32 Å². The van der Waals surface area contributed by atoms with Crippen molar-refractivity contribution >= 4 is 29.1 Å². The fourth-order valence-corrected chi connectivity index (χ4v) is 3.03. The van der Waals surface area contributed by atoms with Crippen LogP contribution in [0, 0.1) is 5.82 Å². The van der Waals surface area contributed by atoms with Gasteiger partial charge in [0.1, 0.15) is 17.7 Å². The van der Waals surface area contributed by atoms with E-state index in [-0.39, 0.29) is 11.7 Å². The Bertz CT molecular complexity index is 889. The molecule has 128 valence electrons. The Labute approximate surface area is 154 Å². The van der Waals surface area contributed by atoms with Crippen molar-refractivity contribution in [3.8, 4) is 0 Å². The number of hydrogen-bond donors (Lipinski definition) is 1. The Hall–Kier alpha value is -2.37. The predicted octanol–water partition coefficient (Wildman–Crippen LogP) is 4.39. The quantitative estimate of drug-likeness (QED) is 0.732. The fourth-order valence-electron chi connectivity index (χ4n) is 2.51. The molecule has 4 nitrogen and oxygen atoms in total. The lowest BCUT2D eigenvalue weighted by atomic mass is 10.1. The van der Waals surface area contributed by atoms with Crippen molar-refractivity contribution in [1.82, 2.24) is 14.9 Å². The zero-order valence-corrected chi connectivity index (χ0v) is 14.7. The van der Waals surface area contributed by atoms with Crippen LogP contribution in [0.25, 0.3) is 0 Å². The van der Waals surface area contributed by atoms with Crippen molar-refractivity contribution in [1.29, 1.82) is 0 Å². The van der Waals surface area contributed by atoms with Gasteiger partial charge in [0.2, 0.25) is 0 Å². The summed E-state index contributed by atoms with van der Waals surface area (Å²) in [7, 11) is 1.82. The van der Waals surface area contributed by atoms with Crippen LogP contribution >= 0.6 is 23.2 Å². The van der Waals surface area contributed by atoms with Crippen LogP contribution in [0.3, 0.4) is 0 Å². The van der Waals surface area contributed by atoms with E-state index < -0.39 is 6.04 Å². The summed E-state index contributed by atoms with van der Waals surface area (Å²) in [4.78, 5) is 17.0. The summed E-state index contributed by atoms with van der Waals surface area (Å²) >= 11 is 11.9. The molecular weight excluding hydrogens is 364 g/mol. The van der Waals surface area contributed by atoms with Crippen molar-refractivity contribution in [2.75, 3.05) is 0 Å². The van der Waals surface area contributed by atoms with Crippen LogP contribution in [-0.4, -0.2) is 15.5 Å². The summed E-state index contributed by atoms with van der Waals surface area (Å²) < 4.78 is 15.0. The van der Waals surface area contributed by atoms with E-state index in [2.05, 4.69) is 10.3 Å². The normalized spacial score (nSPS) is 12.0. The zero-order chi connectivity index (χ0) is 18.0. The van der Waals surface area contributed by atoms with Gasteiger partial charge in [-0.3, -0.25) is 4.79 Å². The molecular formula is C18H14Cl2FN3O.